The topological polar surface area (TPSA) is 84.0 Å². The number of sulfone groups is 1. The van der Waals surface area contributed by atoms with Crippen molar-refractivity contribution in [3.05, 3.63) is 114 Å². The van der Waals surface area contributed by atoms with E-state index < -0.39 is 20.0 Å². The first-order valence-corrected chi connectivity index (χ1v) is 15.6. The van der Waals surface area contributed by atoms with Crippen LogP contribution in [0.3, 0.4) is 0 Å². The largest absolute Gasteiger partial charge is 0.379 e. The molecule has 1 saturated heterocycles. The number of piperazine rings is 1. The molecule has 4 aromatic carbocycles. The van der Waals surface area contributed by atoms with Crippen molar-refractivity contribution >= 4 is 25.6 Å². The predicted molar refractivity (Wildman–Crippen MR) is 151 cm³/mol. The van der Waals surface area contributed by atoms with Crippen LogP contribution < -0.4 is 9.08 Å². The molecule has 5 rings (SSSR count). The average molecular weight is 563 g/mol. The normalized spacial score (nSPS) is 14.7. The van der Waals surface area contributed by atoms with Crippen molar-refractivity contribution in [2.75, 3.05) is 31.1 Å². The summed E-state index contributed by atoms with van der Waals surface area (Å²) >= 11 is 0. The summed E-state index contributed by atoms with van der Waals surface area (Å²) in [6.45, 7) is 5.48. The first kappa shape index (κ1) is 26.9. The molecule has 0 amide bonds. The molecule has 0 spiro atoms. The molecule has 1 fully saturated rings. The Hall–Kier alpha value is -3.66. The molecular formula is C30H30N2O5S2. The lowest BCUT2D eigenvalue weighted by atomic mass is 10.2. The van der Waals surface area contributed by atoms with Gasteiger partial charge in [0.2, 0.25) is 9.84 Å². The molecule has 1 aliphatic rings. The molecule has 9 heteroatoms. The van der Waals surface area contributed by atoms with Crippen molar-refractivity contribution in [3.63, 3.8) is 0 Å². The van der Waals surface area contributed by atoms with Gasteiger partial charge >= 0.3 is 10.1 Å². The van der Waals surface area contributed by atoms with E-state index in [1.807, 2.05) is 31.2 Å². The van der Waals surface area contributed by atoms with Gasteiger partial charge in [-0.15, -0.1) is 0 Å². The lowest BCUT2D eigenvalue weighted by molar-refractivity contribution is 0.248. The molecule has 1 aliphatic heterocycles. The maximum absolute atomic E-state index is 13.3. The van der Waals surface area contributed by atoms with Gasteiger partial charge in [-0.1, -0.05) is 54.1 Å². The standard InChI is InChI=1S/C30H30N2O5S2/c1-24-11-17-29(18-12-24)39(35,36)37-27-15-13-26(14-16-27)32-21-19-31(20-22-32)23-25-7-5-6-10-30(25)38(33,34)28-8-3-2-4-9-28/h2-18H,19-23H2,1H3. The van der Waals surface area contributed by atoms with Gasteiger partial charge in [-0.3, -0.25) is 4.90 Å². The van der Waals surface area contributed by atoms with Crippen LogP contribution in [-0.4, -0.2) is 47.9 Å². The van der Waals surface area contributed by atoms with Crippen LogP contribution in [-0.2, 0) is 26.5 Å². The van der Waals surface area contributed by atoms with Crippen molar-refractivity contribution in [1.29, 1.82) is 0 Å². The number of hydrogen-bond acceptors (Lipinski definition) is 7. The third-order valence-electron chi connectivity index (χ3n) is 6.80. The van der Waals surface area contributed by atoms with E-state index in [9.17, 15) is 16.8 Å². The van der Waals surface area contributed by atoms with E-state index in [4.69, 9.17) is 4.18 Å². The van der Waals surface area contributed by atoms with Crippen LogP contribution >= 0.6 is 0 Å². The second-order valence-electron chi connectivity index (χ2n) is 9.53. The lowest BCUT2D eigenvalue weighted by Crippen LogP contribution is -2.46. The van der Waals surface area contributed by atoms with Gasteiger partial charge in [0.05, 0.1) is 9.79 Å². The van der Waals surface area contributed by atoms with Gasteiger partial charge in [-0.05, 0) is 67.1 Å². The highest BCUT2D eigenvalue weighted by atomic mass is 32.2. The van der Waals surface area contributed by atoms with Gasteiger partial charge in [0.25, 0.3) is 0 Å². The number of aryl methyl sites for hydroxylation is 1. The first-order chi connectivity index (χ1) is 18.7. The zero-order valence-corrected chi connectivity index (χ0v) is 23.2. The van der Waals surface area contributed by atoms with Gasteiger partial charge in [-0.25, -0.2) is 8.42 Å². The van der Waals surface area contributed by atoms with Gasteiger partial charge in [0.15, 0.2) is 0 Å². The van der Waals surface area contributed by atoms with Crippen molar-refractivity contribution in [3.8, 4) is 5.75 Å². The Bertz CT molecular complexity index is 1630. The molecule has 0 N–H and O–H groups in total. The summed E-state index contributed by atoms with van der Waals surface area (Å²) in [5.41, 5.74) is 2.73. The van der Waals surface area contributed by atoms with E-state index >= 15 is 0 Å². The van der Waals surface area contributed by atoms with E-state index in [0.29, 0.717) is 16.3 Å². The molecule has 0 bridgehead atoms. The first-order valence-electron chi connectivity index (χ1n) is 12.7. The van der Waals surface area contributed by atoms with Crippen LogP contribution in [0.25, 0.3) is 0 Å². The fourth-order valence-electron chi connectivity index (χ4n) is 4.62. The van der Waals surface area contributed by atoms with Gasteiger partial charge < -0.3 is 9.08 Å². The minimum atomic E-state index is -3.90. The molecule has 0 saturated carbocycles. The summed E-state index contributed by atoms with van der Waals surface area (Å²) in [4.78, 5) is 5.23. The Labute approximate surface area is 230 Å². The van der Waals surface area contributed by atoms with Crippen molar-refractivity contribution < 1.29 is 21.0 Å². The minimum Gasteiger partial charge on any atom is -0.379 e. The maximum atomic E-state index is 13.3. The molecule has 0 radical (unpaired) electrons. The van der Waals surface area contributed by atoms with Crippen LogP contribution in [0.2, 0.25) is 0 Å². The van der Waals surface area contributed by atoms with Crippen LogP contribution in [0.4, 0.5) is 5.69 Å². The molecule has 4 aromatic rings. The summed E-state index contributed by atoms with van der Waals surface area (Å²) in [6.07, 6.45) is 0. The molecule has 202 valence electrons. The summed E-state index contributed by atoms with van der Waals surface area (Å²) in [5, 5.41) is 0. The second kappa shape index (κ2) is 11.2. The van der Waals surface area contributed by atoms with E-state index in [0.717, 1.165) is 43.0 Å². The molecule has 39 heavy (non-hydrogen) atoms. The summed E-state index contributed by atoms with van der Waals surface area (Å²) in [6, 6.07) is 29.3. The number of nitrogens with zero attached hydrogens (tertiary/aromatic N) is 2. The zero-order chi connectivity index (χ0) is 27.5. The smallest absolute Gasteiger partial charge is 0.339 e. The highest BCUT2D eigenvalue weighted by Gasteiger charge is 2.24. The van der Waals surface area contributed by atoms with Crippen LogP contribution in [0.5, 0.6) is 5.75 Å². The highest BCUT2D eigenvalue weighted by Crippen LogP contribution is 2.27. The van der Waals surface area contributed by atoms with Crippen LogP contribution in [0.1, 0.15) is 11.1 Å². The third-order valence-corrected chi connectivity index (χ3v) is 9.93. The molecule has 0 aromatic heterocycles. The average Bonchev–Trinajstić information content (AvgIpc) is 2.95. The van der Waals surface area contributed by atoms with Crippen LogP contribution in [0.15, 0.2) is 118 Å². The van der Waals surface area contributed by atoms with E-state index in [1.54, 1.807) is 66.7 Å². The molecule has 0 aliphatic carbocycles. The Morgan fingerprint density at radius 1 is 0.667 bits per heavy atom. The number of anilines is 1. The molecular weight excluding hydrogens is 532 g/mol. The highest BCUT2D eigenvalue weighted by molar-refractivity contribution is 7.91. The minimum absolute atomic E-state index is 0.117. The lowest BCUT2D eigenvalue weighted by Gasteiger charge is -2.36. The van der Waals surface area contributed by atoms with Gasteiger partial charge in [0, 0.05) is 38.4 Å². The summed E-state index contributed by atoms with van der Waals surface area (Å²) in [7, 11) is -7.50. The third kappa shape index (κ3) is 6.16. The molecule has 1 heterocycles. The summed E-state index contributed by atoms with van der Waals surface area (Å²) < 4.78 is 57.0. The Kier molecular flexibility index (Phi) is 7.74. The summed E-state index contributed by atoms with van der Waals surface area (Å²) in [5.74, 6) is 0.259. The van der Waals surface area contributed by atoms with Crippen molar-refractivity contribution in [1.82, 2.24) is 4.90 Å². The number of benzene rings is 4. The monoisotopic (exact) mass is 562 g/mol. The second-order valence-corrected chi connectivity index (χ2v) is 13.0. The molecule has 7 nitrogen and oxygen atoms in total. The SMILES string of the molecule is Cc1ccc(S(=O)(=O)Oc2ccc(N3CCN(Cc4ccccc4S(=O)(=O)c4ccccc4)CC3)cc2)cc1. The van der Waals surface area contributed by atoms with Gasteiger partial charge in [-0.2, -0.15) is 8.42 Å². The number of hydrogen-bond donors (Lipinski definition) is 0. The van der Waals surface area contributed by atoms with Gasteiger partial charge in [0.1, 0.15) is 10.6 Å². The van der Waals surface area contributed by atoms with Crippen molar-refractivity contribution in [2.24, 2.45) is 0 Å². The van der Waals surface area contributed by atoms with E-state index in [2.05, 4.69) is 9.80 Å². The van der Waals surface area contributed by atoms with Crippen molar-refractivity contribution in [2.45, 2.75) is 28.2 Å². The molecule has 0 atom stereocenters. The Balaban J connectivity index is 1.21. The Morgan fingerprint density at radius 2 is 1.28 bits per heavy atom. The quantitative estimate of drug-likeness (QED) is 0.282. The van der Waals surface area contributed by atoms with E-state index in [-0.39, 0.29) is 10.6 Å². The number of rotatable bonds is 8. The zero-order valence-electron chi connectivity index (χ0n) is 21.6. The fourth-order valence-corrected chi connectivity index (χ4v) is 7.06. The maximum Gasteiger partial charge on any atom is 0.339 e. The Morgan fingerprint density at radius 3 is 1.95 bits per heavy atom. The fraction of sp³-hybridized carbons (Fsp3) is 0.200. The molecule has 0 unspecified atom stereocenters. The van der Waals surface area contributed by atoms with E-state index in [1.165, 1.54) is 12.1 Å². The predicted octanol–water partition coefficient (Wildman–Crippen LogP) is 4.92. The van der Waals surface area contributed by atoms with Crippen LogP contribution in [0, 0.1) is 6.92 Å².